The number of carbonyl (C=O) groups excluding carboxylic acids is 1. The highest BCUT2D eigenvalue weighted by atomic mass is 16.5. The maximum Gasteiger partial charge on any atom is 1.00 e. The molecule has 10 aromatic rings. The van der Waals surface area contributed by atoms with Crippen molar-refractivity contribution in [2.75, 3.05) is 0 Å². The predicted octanol–water partition coefficient (Wildman–Crippen LogP) is 21.5. The van der Waals surface area contributed by atoms with Gasteiger partial charge in [-0.1, -0.05) is 231 Å². The van der Waals surface area contributed by atoms with Gasteiger partial charge >= 0.3 is 1.43 Å². The zero-order valence-corrected chi connectivity index (χ0v) is 48.2. The standard InChI is InChI=1S/C27H25O.C27H24O.C21H15.C6H10O/c2*1-5-13-21(14-6-1)25-26(22-15-7-2-8-16-22)27(25,23-17-9-3-10-18-23)28-24-19-11-4-12-20-24;1-4-10-16(11-5-1)19-20(17-12-6-2-7-13-17)21(19)18-14-8-3-9-15-18;7-6-4-2-1-3-5-6/h1-3,5-10,13-18H,4,11-12,19-20H2;1-3,5-10,13-19H,4,11-12,20H2;1-15H;1-5H2/q+1;;+1;/p+1. The maximum absolute atomic E-state index is 10.5. The molecule has 2 fully saturated rings. The number of hydrogen-bond acceptors (Lipinski definition) is 3. The number of allylic oxidation sites excluding steroid dienone is 2. The van der Waals surface area contributed by atoms with Crippen LogP contribution in [0.15, 0.2) is 285 Å². The molecule has 0 N–H and O–H groups in total. The van der Waals surface area contributed by atoms with Crippen LogP contribution in [0.5, 0.6) is 0 Å². The van der Waals surface area contributed by atoms with Gasteiger partial charge in [0.1, 0.15) is 35.3 Å². The van der Waals surface area contributed by atoms with Crippen LogP contribution >= 0.6 is 0 Å². The van der Waals surface area contributed by atoms with Crippen LogP contribution in [0.3, 0.4) is 0 Å². The zero-order valence-electron chi connectivity index (χ0n) is 49.2. The van der Waals surface area contributed by atoms with Crippen molar-refractivity contribution in [1.82, 2.24) is 0 Å². The molecule has 0 atom stereocenters. The third-order valence-electron chi connectivity index (χ3n) is 16.9. The van der Waals surface area contributed by atoms with Gasteiger partial charge in [0.15, 0.2) is 11.2 Å². The van der Waals surface area contributed by atoms with Crippen molar-refractivity contribution < 1.29 is 15.7 Å². The fraction of sp³-hybridized carbons (Fsp3) is 0.198. The minimum atomic E-state index is -0.493. The summed E-state index contributed by atoms with van der Waals surface area (Å²) in [5.41, 5.74) is 19.7. The molecule has 0 saturated heterocycles. The van der Waals surface area contributed by atoms with E-state index in [0.29, 0.717) is 5.78 Å². The first-order chi connectivity index (χ1) is 41.6. The molecule has 3 heteroatoms. The molecule has 0 aliphatic heterocycles. The van der Waals surface area contributed by atoms with Crippen LogP contribution in [-0.4, -0.2) is 5.78 Å². The SMILES string of the molecule is C1=C(OC2(c3ccccc3)C(c3ccccc3)=C2c2ccccc2)CCCC1.O=C1CCCCC1.[H+].c1ccc(-c2c(-c3ccccc3)[c+]2-c2ccccc2)cc1.c1ccc(C2=C(c3ccccc3)C2(O[C+]2CCCCC2)c2ccccc2)cc1. The van der Waals surface area contributed by atoms with Crippen LogP contribution < -0.4 is 0 Å². The predicted molar refractivity (Wildman–Crippen MR) is 349 cm³/mol. The lowest BCUT2D eigenvalue weighted by atomic mass is 9.93. The van der Waals surface area contributed by atoms with Gasteiger partial charge in [-0.3, -0.25) is 4.79 Å². The molecule has 0 unspecified atom stereocenters. The third kappa shape index (κ3) is 12.4. The molecule has 0 amide bonds. The second-order valence-electron chi connectivity index (χ2n) is 22.6. The van der Waals surface area contributed by atoms with Gasteiger partial charge in [0, 0.05) is 47.1 Å². The first kappa shape index (κ1) is 55.6. The summed E-state index contributed by atoms with van der Waals surface area (Å²) in [5.74, 6) is 1.60. The molecule has 5 aliphatic rings. The molecule has 2 saturated carbocycles. The van der Waals surface area contributed by atoms with Crippen molar-refractivity contribution >= 4 is 28.1 Å². The summed E-state index contributed by atoms with van der Waals surface area (Å²) in [4.78, 5) is 10.5. The first-order valence-corrected chi connectivity index (χ1v) is 30.7. The Morgan fingerprint density at radius 3 is 1.04 bits per heavy atom. The lowest BCUT2D eigenvalue weighted by Gasteiger charge is -2.27. The molecule has 3 nitrogen and oxygen atoms in total. The minimum Gasteiger partial charge on any atom is -0.478 e. The number of carbonyl (C=O) groups is 1. The quantitative estimate of drug-likeness (QED) is 0.108. The second-order valence-corrected chi connectivity index (χ2v) is 22.6. The normalized spacial score (nSPS) is 16.6. The van der Waals surface area contributed by atoms with Crippen LogP contribution in [0, 0.1) is 6.10 Å². The molecule has 0 aromatic heterocycles. The van der Waals surface area contributed by atoms with E-state index in [1.807, 2.05) is 0 Å². The number of Topliss-reactive ketones (excluding diaryl/α,β-unsaturated/α-hetero) is 1. The van der Waals surface area contributed by atoms with Crippen LogP contribution in [0.2, 0.25) is 0 Å². The van der Waals surface area contributed by atoms with E-state index in [4.69, 9.17) is 9.47 Å². The van der Waals surface area contributed by atoms with Gasteiger partial charge in [0.05, 0.1) is 22.4 Å². The largest absolute Gasteiger partial charge is 1.00 e. The molecule has 5 aliphatic carbocycles. The van der Waals surface area contributed by atoms with Crippen LogP contribution in [0.25, 0.3) is 55.7 Å². The van der Waals surface area contributed by atoms with Gasteiger partial charge < -0.3 is 4.74 Å². The van der Waals surface area contributed by atoms with Crippen LogP contribution in [-0.2, 0) is 25.5 Å². The molecule has 0 heterocycles. The van der Waals surface area contributed by atoms with E-state index in [2.05, 4.69) is 279 Å². The van der Waals surface area contributed by atoms with E-state index >= 15 is 0 Å². The Hall–Kier alpha value is -8.89. The van der Waals surface area contributed by atoms with E-state index in [-0.39, 0.29) is 1.43 Å². The van der Waals surface area contributed by atoms with Crippen molar-refractivity contribution in [2.45, 2.75) is 101 Å². The Kier molecular flexibility index (Phi) is 17.6. The van der Waals surface area contributed by atoms with Crippen molar-refractivity contribution in [3.8, 4) is 33.4 Å². The van der Waals surface area contributed by atoms with E-state index < -0.39 is 11.2 Å². The average molecular weight is 1100 g/mol. The second kappa shape index (κ2) is 26.6. The summed E-state index contributed by atoms with van der Waals surface area (Å²) in [6, 6.07) is 96.2. The number of ketones is 1. The van der Waals surface area contributed by atoms with Gasteiger partial charge in [0.2, 0.25) is 6.10 Å². The Bertz CT molecular complexity index is 3520. The summed E-state index contributed by atoms with van der Waals surface area (Å²) in [6.07, 6.45) is 19.3. The average Bonchev–Trinajstić information content (AvgIpc) is 1.77. The monoisotopic (exact) mass is 1100 g/mol. The van der Waals surface area contributed by atoms with Crippen molar-refractivity contribution in [3.63, 3.8) is 0 Å². The van der Waals surface area contributed by atoms with Gasteiger partial charge in [-0.2, -0.15) is 4.74 Å². The Labute approximate surface area is 499 Å². The fourth-order valence-corrected chi connectivity index (χ4v) is 12.8. The summed E-state index contributed by atoms with van der Waals surface area (Å²) >= 11 is 0. The highest BCUT2D eigenvalue weighted by Crippen LogP contribution is 2.68. The Balaban J connectivity index is 0.000000126. The van der Waals surface area contributed by atoms with E-state index in [0.717, 1.165) is 57.1 Å². The number of hydrogen-bond donors (Lipinski definition) is 0. The summed E-state index contributed by atoms with van der Waals surface area (Å²) < 4.78 is 13.8. The number of ether oxygens (including phenoxy) is 2. The topological polar surface area (TPSA) is 35.5 Å². The van der Waals surface area contributed by atoms with E-state index in [1.54, 1.807) is 0 Å². The molecule has 15 rings (SSSR count). The van der Waals surface area contributed by atoms with E-state index in [9.17, 15) is 4.79 Å². The van der Waals surface area contributed by atoms with Gasteiger partial charge in [0.25, 0.3) is 0 Å². The van der Waals surface area contributed by atoms with Gasteiger partial charge in [-0.05, 0) is 134 Å². The first-order valence-electron chi connectivity index (χ1n) is 30.7. The molecular weight excluding hydrogens is 1020 g/mol. The molecule has 10 aromatic carbocycles. The third-order valence-corrected chi connectivity index (χ3v) is 16.9. The highest BCUT2D eigenvalue weighted by Gasteiger charge is 2.62. The zero-order chi connectivity index (χ0) is 56.8. The Morgan fingerprint density at radius 2 is 0.667 bits per heavy atom. The number of benzene rings is 9. The van der Waals surface area contributed by atoms with Crippen molar-refractivity contribution in [2.24, 2.45) is 0 Å². The summed E-state index contributed by atoms with van der Waals surface area (Å²) in [5, 5.41) is 0. The smallest absolute Gasteiger partial charge is 0.478 e. The molecule has 0 bridgehead atoms. The van der Waals surface area contributed by atoms with E-state index in [1.165, 1.54) is 134 Å². The fourth-order valence-electron chi connectivity index (χ4n) is 12.8. The summed E-state index contributed by atoms with van der Waals surface area (Å²) in [7, 11) is 0. The molecular formula is C81H75O3+3. The van der Waals surface area contributed by atoms with Crippen molar-refractivity contribution in [1.29, 1.82) is 0 Å². The minimum absolute atomic E-state index is 0. The lowest BCUT2D eigenvalue weighted by molar-refractivity contribution is -0.120. The number of rotatable bonds is 13. The van der Waals surface area contributed by atoms with Crippen molar-refractivity contribution in [3.05, 3.63) is 324 Å². The maximum atomic E-state index is 10.5. The Morgan fingerprint density at radius 1 is 0.333 bits per heavy atom. The molecule has 0 spiro atoms. The van der Waals surface area contributed by atoms with Gasteiger partial charge in [-0.25, -0.2) is 0 Å². The molecule has 0 radical (unpaired) electrons. The van der Waals surface area contributed by atoms with Gasteiger partial charge in [-0.15, -0.1) is 0 Å². The molecule has 84 heavy (non-hydrogen) atoms. The summed E-state index contributed by atoms with van der Waals surface area (Å²) in [6.45, 7) is 0. The highest BCUT2D eigenvalue weighted by molar-refractivity contribution is 6.19. The van der Waals surface area contributed by atoms with Crippen LogP contribution in [0.4, 0.5) is 0 Å². The van der Waals surface area contributed by atoms with Crippen LogP contribution in [0.1, 0.15) is 125 Å². The molecule has 414 valence electrons. The lowest BCUT2D eigenvalue weighted by Crippen LogP contribution is -2.23.